The van der Waals surface area contributed by atoms with Crippen molar-refractivity contribution < 1.29 is 0 Å². The zero-order chi connectivity index (χ0) is 17.1. The summed E-state index contributed by atoms with van der Waals surface area (Å²) in [5.74, 6) is 3.03. The highest BCUT2D eigenvalue weighted by molar-refractivity contribution is 4.68. The first kappa shape index (κ1) is 29.7. The molecule has 0 amide bonds. The van der Waals surface area contributed by atoms with Crippen LogP contribution in [0, 0.1) is 17.8 Å². The first-order chi connectivity index (χ1) is 10.1. The van der Waals surface area contributed by atoms with Crippen molar-refractivity contribution in [3.63, 3.8) is 0 Å². The molecule has 0 N–H and O–H groups in total. The molecule has 0 aromatic carbocycles. The van der Waals surface area contributed by atoms with Crippen LogP contribution in [-0.4, -0.2) is 0 Å². The lowest BCUT2D eigenvalue weighted by Crippen LogP contribution is -2.11. The fraction of sp³-hybridized carbons (Fsp3) is 0.909. The molecule has 1 rings (SSSR count). The van der Waals surface area contributed by atoms with Gasteiger partial charge in [0.2, 0.25) is 0 Å². The maximum atomic E-state index is 3.00. The van der Waals surface area contributed by atoms with Crippen LogP contribution in [0.5, 0.6) is 0 Å². The SMILES string of the molecule is C.C=C.CC.CCC1CCCC(C)C1.CCCCC(C)CC. The average molecular weight is 315 g/mol. The van der Waals surface area contributed by atoms with E-state index in [9.17, 15) is 0 Å². The topological polar surface area (TPSA) is 0 Å². The molecule has 0 saturated heterocycles. The summed E-state index contributed by atoms with van der Waals surface area (Å²) in [6.07, 6.45) is 12.9. The van der Waals surface area contributed by atoms with Crippen LogP contribution < -0.4 is 0 Å². The van der Waals surface area contributed by atoms with E-state index in [0.29, 0.717) is 0 Å². The third-order valence-electron chi connectivity index (χ3n) is 4.37. The molecule has 138 valence electrons. The van der Waals surface area contributed by atoms with Crippen LogP contribution in [0.25, 0.3) is 0 Å². The van der Waals surface area contributed by atoms with Gasteiger partial charge in [0, 0.05) is 0 Å². The summed E-state index contributed by atoms with van der Waals surface area (Å²) in [6.45, 7) is 21.6. The van der Waals surface area contributed by atoms with Crippen molar-refractivity contribution in [1.29, 1.82) is 0 Å². The summed E-state index contributed by atoms with van der Waals surface area (Å²) in [5.41, 5.74) is 0. The van der Waals surface area contributed by atoms with Crippen molar-refractivity contribution in [2.24, 2.45) is 17.8 Å². The molecule has 0 nitrogen and oxygen atoms in total. The standard InChI is InChI=1S/C9H18.C8H18.C2H6.C2H4.CH4/c1-3-9-6-4-5-8(2)7-9;1-4-6-7-8(3)5-2;2*1-2;/h8-9H,3-7H2,1-2H3;8H,4-7H2,1-3H3;1-2H3;1-2H2;1H4. The van der Waals surface area contributed by atoms with E-state index in [2.05, 4.69) is 47.8 Å². The Balaban J connectivity index is -0.000000116. The molecule has 3 unspecified atom stereocenters. The van der Waals surface area contributed by atoms with Gasteiger partial charge in [0.25, 0.3) is 0 Å². The van der Waals surface area contributed by atoms with Gasteiger partial charge in [-0.2, -0.15) is 0 Å². The van der Waals surface area contributed by atoms with Crippen molar-refractivity contribution in [2.75, 3.05) is 0 Å². The van der Waals surface area contributed by atoms with E-state index < -0.39 is 0 Å². The van der Waals surface area contributed by atoms with E-state index >= 15 is 0 Å². The summed E-state index contributed by atoms with van der Waals surface area (Å²) >= 11 is 0. The first-order valence-corrected chi connectivity index (χ1v) is 9.63. The minimum Gasteiger partial charge on any atom is -0.106 e. The average Bonchev–Trinajstić information content (AvgIpc) is 2.56. The number of hydrogen-bond acceptors (Lipinski definition) is 0. The Hall–Kier alpha value is -0.260. The van der Waals surface area contributed by atoms with Gasteiger partial charge in [-0.3, -0.25) is 0 Å². The molecule has 1 fully saturated rings. The molecule has 0 radical (unpaired) electrons. The number of hydrogen-bond donors (Lipinski definition) is 0. The van der Waals surface area contributed by atoms with Crippen molar-refractivity contribution >= 4 is 0 Å². The molecule has 0 heteroatoms. The van der Waals surface area contributed by atoms with Crippen LogP contribution in [0.4, 0.5) is 0 Å². The monoisotopic (exact) mass is 314 g/mol. The normalized spacial score (nSPS) is 20.5. The van der Waals surface area contributed by atoms with Gasteiger partial charge in [0.05, 0.1) is 0 Å². The molecule has 1 saturated carbocycles. The van der Waals surface area contributed by atoms with Crippen molar-refractivity contribution in [3.8, 4) is 0 Å². The highest BCUT2D eigenvalue weighted by Gasteiger charge is 2.16. The van der Waals surface area contributed by atoms with Gasteiger partial charge in [-0.15, -0.1) is 13.2 Å². The molecular weight excluding hydrogens is 264 g/mol. The minimum absolute atomic E-state index is 0. The lowest BCUT2D eigenvalue weighted by Gasteiger charge is -2.25. The van der Waals surface area contributed by atoms with Crippen molar-refractivity contribution in [3.05, 3.63) is 13.2 Å². The van der Waals surface area contributed by atoms with Gasteiger partial charge in [-0.25, -0.2) is 0 Å². The molecule has 0 spiro atoms. The predicted molar refractivity (Wildman–Crippen MR) is 110 cm³/mol. The van der Waals surface area contributed by atoms with Crippen LogP contribution in [0.1, 0.15) is 114 Å². The van der Waals surface area contributed by atoms with E-state index in [1.165, 1.54) is 57.8 Å². The van der Waals surface area contributed by atoms with E-state index in [1.807, 2.05) is 13.8 Å². The second kappa shape index (κ2) is 25.7. The first-order valence-electron chi connectivity index (χ1n) is 9.63. The van der Waals surface area contributed by atoms with Gasteiger partial charge in [-0.05, 0) is 24.2 Å². The lowest BCUT2D eigenvalue weighted by molar-refractivity contribution is 0.276. The van der Waals surface area contributed by atoms with Gasteiger partial charge in [0.1, 0.15) is 0 Å². The molecule has 0 aromatic heterocycles. The van der Waals surface area contributed by atoms with E-state index in [-0.39, 0.29) is 7.43 Å². The van der Waals surface area contributed by atoms with E-state index in [1.54, 1.807) is 0 Å². The van der Waals surface area contributed by atoms with Gasteiger partial charge in [-0.1, -0.05) is 107 Å². The van der Waals surface area contributed by atoms with Crippen molar-refractivity contribution in [2.45, 2.75) is 114 Å². The van der Waals surface area contributed by atoms with Crippen LogP contribution in [0.2, 0.25) is 0 Å². The zero-order valence-corrected chi connectivity index (χ0v) is 16.5. The Bertz CT molecular complexity index is 161. The Kier molecular flexibility index (Phi) is 34.7. The minimum atomic E-state index is 0. The Morgan fingerprint density at radius 1 is 1.05 bits per heavy atom. The Morgan fingerprint density at radius 2 is 1.59 bits per heavy atom. The predicted octanol–water partition coefficient (Wildman–Crippen LogP) is 8.91. The van der Waals surface area contributed by atoms with Gasteiger partial charge >= 0.3 is 0 Å². The zero-order valence-electron chi connectivity index (χ0n) is 16.5. The molecular formula is C22H50. The molecule has 0 aromatic rings. The molecule has 0 bridgehead atoms. The van der Waals surface area contributed by atoms with Gasteiger partial charge < -0.3 is 0 Å². The summed E-state index contributed by atoms with van der Waals surface area (Å²) in [7, 11) is 0. The molecule has 1 aliphatic rings. The van der Waals surface area contributed by atoms with Crippen LogP contribution in [-0.2, 0) is 0 Å². The number of rotatable bonds is 5. The summed E-state index contributed by atoms with van der Waals surface area (Å²) in [6, 6.07) is 0. The molecule has 0 aliphatic heterocycles. The van der Waals surface area contributed by atoms with E-state index in [4.69, 9.17) is 0 Å². The van der Waals surface area contributed by atoms with E-state index in [0.717, 1.165) is 17.8 Å². The second-order valence-corrected chi connectivity index (χ2v) is 6.20. The quantitative estimate of drug-likeness (QED) is 0.444. The Morgan fingerprint density at radius 3 is 1.91 bits per heavy atom. The largest absolute Gasteiger partial charge is 0.106 e. The fourth-order valence-electron chi connectivity index (χ4n) is 2.69. The molecule has 3 atom stereocenters. The lowest BCUT2D eigenvalue weighted by atomic mass is 9.81. The van der Waals surface area contributed by atoms with Crippen LogP contribution >= 0.6 is 0 Å². The highest BCUT2D eigenvalue weighted by Crippen LogP contribution is 2.30. The van der Waals surface area contributed by atoms with Crippen LogP contribution in [0.15, 0.2) is 13.2 Å². The summed E-state index contributed by atoms with van der Waals surface area (Å²) in [5, 5.41) is 0. The van der Waals surface area contributed by atoms with Crippen LogP contribution in [0.3, 0.4) is 0 Å². The summed E-state index contributed by atoms with van der Waals surface area (Å²) in [4.78, 5) is 0. The third-order valence-corrected chi connectivity index (χ3v) is 4.37. The maximum absolute atomic E-state index is 3.00. The number of unbranched alkanes of at least 4 members (excludes halogenated alkanes) is 1. The second-order valence-electron chi connectivity index (χ2n) is 6.20. The fourth-order valence-corrected chi connectivity index (χ4v) is 2.69. The Labute approximate surface area is 145 Å². The van der Waals surface area contributed by atoms with Gasteiger partial charge in [0.15, 0.2) is 0 Å². The smallest absolute Gasteiger partial charge is 0.0414 e. The van der Waals surface area contributed by atoms with Crippen molar-refractivity contribution in [1.82, 2.24) is 0 Å². The maximum Gasteiger partial charge on any atom is -0.0414 e. The third kappa shape index (κ3) is 22.0. The molecule has 22 heavy (non-hydrogen) atoms. The summed E-state index contributed by atoms with van der Waals surface area (Å²) < 4.78 is 0. The molecule has 0 heterocycles. The molecule has 1 aliphatic carbocycles. The highest BCUT2D eigenvalue weighted by atomic mass is 14.2.